The zero-order chi connectivity index (χ0) is 21.3. The molecule has 0 spiro atoms. The number of amides is 2. The van der Waals surface area contributed by atoms with Crippen molar-refractivity contribution in [2.75, 3.05) is 18.0 Å². The van der Waals surface area contributed by atoms with Crippen molar-refractivity contribution < 1.29 is 14.0 Å². The molecule has 30 heavy (non-hydrogen) atoms. The molecule has 3 aromatic rings. The van der Waals surface area contributed by atoms with Crippen LogP contribution in [0.2, 0.25) is 0 Å². The number of nitrogens with one attached hydrogen (secondary N) is 2. The first-order valence-corrected chi connectivity index (χ1v) is 9.96. The molecule has 0 saturated carbocycles. The Morgan fingerprint density at radius 1 is 1.37 bits per heavy atom. The van der Waals surface area contributed by atoms with E-state index in [1.165, 1.54) is 6.07 Å². The van der Waals surface area contributed by atoms with Gasteiger partial charge in [-0.15, -0.1) is 0 Å². The Bertz CT molecular complexity index is 1200. The number of benzene rings is 2. The SMILES string of the molecule is CC#CC(=O)N[C@@H]1CCCN(c2c(F)cc(CC(N)=O)c3[nH]c4ccccc4c23)C1. The van der Waals surface area contributed by atoms with Gasteiger partial charge in [-0.2, -0.15) is 0 Å². The summed E-state index contributed by atoms with van der Waals surface area (Å²) < 4.78 is 15.4. The van der Waals surface area contributed by atoms with Crippen molar-refractivity contribution in [1.29, 1.82) is 0 Å². The van der Waals surface area contributed by atoms with Crippen molar-refractivity contribution in [3.8, 4) is 11.8 Å². The van der Waals surface area contributed by atoms with E-state index in [2.05, 4.69) is 22.1 Å². The number of carbonyl (C=O) groups excluding carboxylic acids is 2. The van der Waals surface area contributed by atoms with Crippen molar-refractivity contribution >= 4 is 39.3 Å². The third-order valence-corrected chi connectivity index (χ3v) is 5.47. The first-order valence-electron chi connectivity index (χ1n) is 9.96. The van der Waals surface area contributed by atoms with Crippen LogP contribution in [0.5, 0.6) is 0 Å². The summed E-state index contributed by atoms with van der Waals surface area (Å²) in [7, 11) is 0. The van der Waals surface area contributed by atoms with Crippen LogP contribution in [-0.2, 0) is 16.0 Å². The number of para-hydroxylation sites is 1. The molecule has 4 rings (SSSR count). The molecule has 1 aliphatic rings. The maximum absolute atomic E-state index is 15.4. The normalized spacial score (nSPS) is 16.3. The van der Waals surface area contributed by atoms with Gasteiger partial charge in [-0.3, -0.25) is 9.59 Å². The number of nitrogens with zero attached hydrogens (tertiary/aromatic N) is 1. The monoisotopic (exact) mass is 406 g/mol. The molecular formula is C23H23FN4O2. The van der Waals surface area contributed by atoms with E-state index in [1.54, 1.807) is 6.92 Å². The molecule has 1 fully saturated rings. The molecule has 2 amide bonds. The van der Waals surface area contributed by atoms with Crippen molar-refractivity contribution in [3.05, 3.63) is 41.7 Å². The van der Waals surface area contributed by atoms with Crippen LogP contribution < -0.4 is 16.0 Å². The second-order valence-corrected chi connectivity index (χ2v) is 7.56. The van der Waals surface area contributed by atoms with Gasteiger partial charge in [-0.05, 0) is 43.4 Å². The van der Waals surface area contributed by atoms with E-state index in [-0.39, 0.29) is 18.4 Å². The number of piperidine rings is 1. The second-order valence-electron chi connectivity index (χ2n) is 7.56. The van der Waals surface area contributed by atoms with Gasteiger partial charge in [0.25, 0.3) is 5.91 Å². The van der Waals surface area contributed by atoms with Crippen LogP contribution in [0, 0.1) is 17.7 Å². The molecule has 4 N–H and O–H groups in total. The van der Waals surface area contributed by atoms with Crippen LogP contribution in [-0.4, -0.2) is 35.9 Å². The fourth-order valence-electron chi connectivity index (χ4n) is 4.31. The van der Waals surface area contributed by atoms with Crippen LogP contribution in [0.3, 0.4) is 0 Å². The Hall–Kier alpha value is -3.53. The number of halogens is 1. The van der Waals surface area contributed by atoms with Crippen molar-refractivity contribution in [2.24, 2.45) is 5.73 Å². The molecule has 7 heteroatoms. The molecule has 1 atom stereocenters. The molecule has 154 valence electrons. The van der Waals surface area contributed by atoms with Crippen molar-refractivity contribution in [2.45, 2.75) is 32.2 Å². The molecule has 2 aromatic carbocycles. The number of carbonyl (C=O) groups is 2. The van der Waals surface area contributed by atoms with E-state index in [1.807, 2.05) is 29.2 Å². The summed E-state index contributed by atoms with van der Waals surface area (Å²) in [4.78, 5) is 28.7. The molecule has 1 aliphatic heterocycles. The minimum atomic E-state index is -0.514. The molecule has 0 aliphatic carbocycles. The number of primary amides is 1. The van der Waals surface area contributed by atoms with Gasteiger partial charge in [-0.1, -0.05) is 24.1 Å². The summed E-state index contributed by atoms with van der Waals surface area (Å²) in [5.74, 6) is 3.85. The smallest absolute Gasteiger partial charge is 0.296 e. The number of nitrogens with two attached hydrogens (primary N) is 1. The van der Waals surface area contributed by atoms with Gasteiger partial charge >= 0.3 is 0 Å². The average molecular weight is 406 g/mol. The number of fused-ring (bicyclic) bond motifs is 3. The highest BCUT2D eigenvalue weighted by atomic mass is 19.1. The quantitative estimate of drug-likeness (QED) is 0.582. The lowest BCUT2D eigenvalue weighted by Crippen LogP contribution is -2.47. The highest BCUT2D eigenvalue weighted by Gasteiger charge is 2.27. The van der Waals surface area contributed by atoms with Crippen molar-refractivity contribution in [1.82, 2.24) is 10.3 Å². The Labute approximate surface area is 173 Å². The standard InChI is InChI=1S/C23H23FN4O2/c1-2-6-20(30)26-15-7-5-10-28(13-15)23-17(24)11-14(12-19(25)29)22-21(23)16-8-3-4-9-18(16)27-22/h3-4,8-9,11,15,27H,5,7,10,12-13H2,1H3,(H2,25,29)(H,26,30)/t15-/m1/s1. The predicted molar refractivity (Wildman–Crippen MR) is 115 cm³/mol. The van der Waals surface area contributed by atoms with Crippen LogP contribution in [0.4, 0.5) is 10.1 Å². The summed E-state index contributed by atoms with van der Waals surface area (Å²) in [6, 6.07) is 8.95. The van der Waals surface area contributed by atoms with Gasteiger partial charge in [0.2, 0.25) is 5.91 Å². The molecule has 1 saturated heterocycles. The highest BCUT2D eigenvalue weighted by Crippen LogP contribution is 2.39. The summed E-state index contributed by atoms with van der Waals surface area (Å²) in [6.45, 7) is 2.77. The van der Waals surface area contributed by atoms with Gasteiger partial charge in [0.1, 0.15) is 5.82 Å². The number of aromatic amines is 1. The molecule has 6 nitrogen and oxygen atoms in total. The third kappa shape index (κ3) is 3.69. The molecule has 1 aromatic heterocycles. The van der Waals surface area contributed by atoms with Gasteiger partial charge < -0.3 is 20.9 Å². The number of anilines is 1. The Kier molecular flexibility index (Phi) is 5.32. The topological polar surface area (TPSA) is 91.2 Å². The fourth-order valence-corrected chi connectivity index (χ4v) is 4.31. The number of hydrogen-bond donors (Lipinski definition) is 3. The summed E-state index contributed by atoms with van der Waals surface area (Å²) in [5, 5.41) is 4.53. The van der Waals surface area contributed by atoms with Crippen molar-refractivity contribution in [3.63, 3.8) is 0 Å². The Balaban J connectivity index is 1.82. The maximum Gasteiger partial charge on any atom is 0.296 e. The fraction of sp³-hybridized carbons (Fsp3) is 0.304. The number of aromatic nitrogens is 1. The first kappa shape index (κ1) is 19.8. The second kappa shape index (κ2) is 8.07. The number of hydrogen-bond acceptors (Lipinski definition) is 3. The largest absolute Gasteiger partial charge is 0.369 e. The van der Waals surface area contributed by atoms with E-state index in [0.29, 0.717) is 24.3 Å². The Morgan fingerprint density at radius 2 is 2.17 bits per heavy atom. The number of H-pyrrole nitrogens is 1. The van der Waals surface area contributed by atoms with E-state index < -0.39 is 11.7 Å². The molecule has 2 heterocycles. The maximum atomic E-state index is 15.4. The lowest BCUT2D eigenvalue weighted by atomic mass is 10.00. The molecular weight excluding hydrogens is 383 g/mol. The van der Waals surface area contributed by atoms with Crippen LogP contribution >= 0.6 is 0 Å². The van der Waals surface area contributed by atoms with Gasteiger partial charge in [0.15, 0.2) is 0 Å². The van der Waals surface area contributed by atoms with Gasteiger partial charge in [-0.25, -0.2) is 4.39 Å². The highest BCUT2D eigenvalue weighted by molar-refractivity contribution is 6.15. The molecule has 0 bridgehead atoms. The van der Waals surface area contributed by atoms with E-state index in [4.69, 9.17) is 5.73 Å². The molecule has 0 unspecified atom stereocenters. The first-order chi connectivity index (χ1) is 14.5. The van der Waals surface area contributed by atoms with Crippen LogP contribution in [0.1, 0.15) is 25.3 Å². The zero-order valence-electron chi connectivity index (χ0n) is 16.7. The van der Waals surface area contributed by atoms with E-state index in [9.17, 15) is 9.59 Å². The van der Waals surface area contributed by atoms with Crippen LogP contribution in [0.15, 0.2) is 30.3 Å². The average Bonchev–Trinajstić information content (AvgIpc) is 3.08. The summed E-state index contributed by atoms with van der Waals surface area (Å²) in [5.41, 5.74) is 8.00. The minimum Gasteiger partial charge on any atom is -0.369 e. The lowest BCUT2D eigenvalue weighted by molar-refractivity contribution is -0.117. The minimum absolute atomic E-state index is 0.0467. The third-order valence-electron chi connectivity index (χ3n) is 5.47. The summed E-state index contributed by atoms with van der Waals surface area (Å²) in [6.07, 6.45) is 1.58. The van der Waals surface area contributed by atoms with E-state index in [0.717, 1.165) is 34.6 Å². The van der Waals surface area contributed by atoms with Crippen LogP contribution in [0.25, 0.3) is 21.8 Å². The predicted octanol–water partition coefficient (Wildman–Crippen LogP) is 2.60. The number of rotatable bonds is 4. The van der Waals surface area contributed by atoms with Gasteiger partial charge in [0.05, 0.1) is 17.6 Å². The zero-order valence-corrected chi connectivity index (χ0v) is 16.7. The van der Waals surface area contributed by atoms with Gasteiger partial charge in [0, 0.05) is 35.4 Å². The van der Waals surface area contributed by atoms with E-state index >= 15 is 4.39 Å². The molecule has 0 radical (unpaired) electrons. The Morgan fingerprint density at radius 3 is 2.93 bits per heavy atom. The summed E-state index contributed by atoms with van der Waals surface area (Å²) >= 11 is 0. The lowest BCUT2D eigenvalue weighted by Gasteiger charge is -2.35.